The second-order valence-corrected chi connectivity index (χ2v) is 15.2. The van der Waals surface area contributed by atoms with E-state index in [9.17, 15) is 31.2 Å². The van der Waals surface area contributed by atoms with Gasteiger partial charge in [0.1, 0.15) is 5.54 Å². The maximum Gasteiger partial charge on any atom is 0.416 e. The molecule has 4 unspecified atom stereocenters. The van der Waals surface area contributed by atoms with Crippen LogP contribution in [0.3, 0.4) is 0 Å². The molecule has 4 atom stereocenters. The number of likely N-dealkylation sites (tertiary alicyclic amines) is 1. The zero-order chi connectivity index (χ0) is 33.2. The fourth-order valence-corrected chi connectivity index (χ4v) is 8.65. The second kappa shape index (κ2) is 13.8. The van der Waals surface area contributed by atoms with Crippen LogP contribution < -0.4 is 5.32 Å². The number of carbonyl (C=O) groups is 2. The molecule has 2 fully saturated rings. The molecule has 0 spiro atoms. The third-order valence-corrected chi connectivity index (χ3v) is 11.6. The lowest BCUT2D eigenvalue weighted by atomic mass is 9.80. The average molecular weight is 664 g/mol. The highest BCUT2D eigenvalue weighted by molar-refractivity contribution is 7.98. The topological polar surface area (TPSA) is 86.8 Å². The van der Waals surface area contributed by atoms with E-state index in [2.05, 4.69) is 16.1 Å². The summed E-state index contributed by atoms with van der Waals surface area (Å²) in [7, 11) is -3.71. The van der Waals surface area contributed by atoms with E-state index in [1.54, 1.807) is 36.1 Å². The summed E-state index contributed by atoms with van der Waals surface area (Å²) in [4.78, 5) is 32.0. The molecule has 45 heavy (non-hydrogen) atoms. The van der Waals surface area contributed by atoms with E-state index in [0.717, 1.165) is 23.1 Å². The van der Waals surface area contributed by atoms with Crippen LogP contribution in [0.1, 0.15) is 62.4 Å². The molecule has 4 rings (SSSR count). The molecule has 1 aliphatic heterocycles. The van der Waals surface area contributed by atoms with Gasteiger partial charge in [-0.1, -0.05) is 12.0 Å². The van der Waals surface area contributed by atoms with Crippen molar-refractivity contribution in [1.29, 1.82) is 0 Å². The number of alkyl halides is 3. The Labute approximate surface area is 268 Å². The number of rotatable bonds is 10. The number of amides is 2. The zero-order valence-corrected chi connectivity index (χ0v) is 27.6. The first kappa shape index (κ1) is 34.9. The van der Waals surface area contributed by atoms with Gasteiger partial charge in [0, 0.05) is 35.1 Å². The first-order chi connectivity index (χ1) is 21.1. The van der Waals surface area contributed by atoms with Crippen LogP contribution in [0, 0.1) is 18.3 Å². The molecular formula is C33H40F3N3O4S2. The lowest BCUT2D eigenvalue weighted by molar-refractivity contribution is -0.138. The fourth-order valence-electron chi connectivity index (χ4n) is 6.58. The van der Waals surface area contributed by atoms with Crippen molar-refractivity contribution in [2.45, 2.75) is 86.1 Å². The van der Waals surface area contributed by atoms with E-state index in [1.807, 2.05) is 20.1 Å². The Morgan fingerprint density at radius 1 is 1.20 bits per heavy atom. The summed E-state index contributed by atoms with van der Waals surface area (Å²) in [5.41, 5.74) is -2.51. The minimum Gasteiger partial charge on any atom is -0.338 e. The van der Waals surface area contributed by atoms with Crippen molar-refractivity contribution in [2.24, 2.45) is 5.92 Å². The SMILES string of the molecule is C#CCN(C(C)C)C1CCC(N2CCC(C)(NC(=O)c3cccc(C(F)(F)F)c3)C2=O)C(CS(=O)(=O)c2ccc(SC)cc2)C1. The van der Waals surface area contributed by atoms with E-state index < -0.39 is 45.0 Å². The lowest BCUT2D eigenvalue weighted by Gasteiger charge is -2.45. The summed E-state index contributed by atoms with van der Waals surface area (Å²) in [5.74, 6) is 0.994. The van der Waals surface area contributed by atoms with E-state index in [4.69, 9.17) is 6.42 Å². The van der Waals surface area contributed by atoms with Gasteiger partial charge in [-0.2, -0.15) is 13.2 Å². The van der Waals surface area contributed by atoms with Crippen molar-refractivity contribution in [3.05, 3.63) is 59.7 Å². The van der Waals surface area contributed by atoms with Gasteiger partial charge in [-0.15, -0.1) is 18.2 Å². The Morgan fingerprint density at radius 3 is 2.49 bits per heavy atom. The quantitative estimate of drug-likeness (QED) is 0.267. The predicted octanol–water partition coefficient (Wildman–Crippen LogP) is 5.50. The van der Waals surface area contributed by atoms with Crippen LogP contribution in [0.5, 0.6) is 0 Å². The van der Waals surface area contributed by atoms with Gasteiger partial charge in [-0.25, -0.2) is 8.42 Å². The van der Waals surface area contributed by atoms with Gasteiger partial charge in [0.2, 0.25) is 5.91 Å². The minimum atomic E-state index is -4.61. The fraction of sp³-hybridized carbons (Fsp3) is 0.515. The first-order valence-corrected chi connectivity index (χ1v) is 17.8. The van der Waals surface area contributed by atoms with Crippen molar-refractivity contribution in [1.82, 2.24) is 15.1 Å². The smallest absolute Gasteiger partial charge is 0.338 e. The summed E-state index contributed by atoms with van der Waals surface area (Å²) < 4.78 is 67.2. The van der Waals surface area contributed by atoms with Crippen LogP contribution in [0.4, 0.5) is 13.2 Å². The molecule has 7 nitrogen and oxygen atoms in total. The van der Waals surface area contributed by atoms with Gasteiger partial charge < -0.3 is 10.2 Å². The molecule has 2 amide bonds. The molecular weight excluding hydrogens is 624 g/mol. The normalized spacial score (nSPS) is 24.2. The first-order valence-electron chi connectivity index (χ1n) is 15.0. The van der Waals surface area contributed by atoms with Crippen LogP contribution >= 0.6 is 11.8 Å². The molecule has 244 valence electrons. The van der Waals surface area contributed by atoms with Crippen LogP contribution in [0.2, 0.25) is 0 Å². The number of carbonyl (C=O) groups excluding carboxylic acids is 2. The number of nitrogens with one attached hydrogen (secondary N) is 1. The van der Waals surface area contributed by atoms with Gasteiger partial charge in [0.05, 0.1) is 22.8 Å². The van der Waals surface area contributed by atoms with Gasteiger partial charge in [-0.05, 0) is 101 Å². The third kappa shape index (κ3) is 7.87. The summed E-state index contributed by atoms with van der Waals surface area (Å²) in [6, 6.07) is 10.6. The molecule has 1 saturated heterocycles. The molecule has 2 aliphatic rings. The molecule has 0 bridgehead atoms. The standard InChI is InChI=1S/C33H40F3N3O4S2/c1-6-17-38(22(2)3)26-10-15-29(24(20-26)21-45(42,43)28-13-11-27(44-5)12-14-28)39-18-16-32(4,31(39)41)37-30(40)23-8-7-9-25(19-23)33(34,35)36/h1,7-9,11-14,19,22,24,26,29H,10,15-18,20-21H2,2-5H3,(H,37,40). The Bertz CT molecular complexity index is 1540. The van der Waals surface area contributed by atoms with E-state index in [1.165, 1.54) is 17.8 Å². The van der Waals surface area contributed by atoms with Crippen molar-refractivity contribution in [2.75, 3.05) is 25.1 Å². The van der Waals surface area contributed by atoms with Gasteiger partial charge in [0.15, 0.2) is 9.84 Å². The second-order valence-electron chi connectivity index (χ2n) is 12.3. The number of sulfone groups is 1. The highest BCUT2D eigenvalue weighted by atomic mass is 32.2. The summed E-state index contributed by atoms with van der Waals surface area (Å²) in [5, 5.41) is 2.68. The van der Waals surface area contributed by atoms with Crippen LogP contribution in [0.25, 0.3) is 0 Å². The largest absolute Gasteiger partial charge is 0.416 e. The number of benzene rings is 2. The molecule has 2 aromatic carbocycles. The van der Waals surface area contributed by atoms with Gasteiger partial charge >= 0.3 is 6.18 Å². The number of terminal acetylenes is 1. The van der Waals surface area contributed by atoms with Crippen molar-refractivity contribution in [3.8, 4) is 12.3 Å². The average Bonchev–Trinajstić information content (AvgIpc) is 3.28. The molecule has 2 aromatic rings. The monoisotopic (exact) mass is 663 g/mol. The van der Waals surface area contributed by atoms with Crippen molar-refractivity contribution < 1.29 is 31.2 Å². The molecule has 0 aromatic heterocycles. The zero-order valence-electron chi connectivity index (χ0n) is 25.9. The molecule has 1 aliphatic carbocycles. The third-order valence-electron chi connectivity index (χ3n) is 9.00. The number of halogens is 3. The van der Waals surface area contributed by atoms with Crippen molar-refractivity contribution in [3.63, 3.8) is 0 Å². The van der Waals surface area contributed by atoms with Crippen LogP contribution in [-0.4, -0.2) is 78.8 Å². The maximum absolute atomic E-state index is 13.9. The van der Waals surface area contributed by atoms with Gasteiger partial charge in [-0.3, -0.25) is 14.5 Å². The number of thioether (sulfide) groups is 1. The predicted molar refractivity (Wildman–Crippen MR) is 170 cm³/mol. The maximum atomic E-state index is 13.9. The minimum absolute atomic E-state index is 0.0288. The lowest BCUT2D eigenvalue weighted by Crippen LogP contribution is -2.56. The molecule has 1 saturated carbocycles. The van der Waals surface area contributed by atoms with Crippen molar-refractivity contribution >= 4 is 33.4 Å². The Morgan fingerprint density at radius 2 is 1.89 bits per heavy atom. The Hall–Kier alpha value is -3.01. The number of nitrogens with zero attached hydrogens (tertiary/aromatic N) is 2. The number of hydrogen-bond acceptors (Lipinski definition) is 6. The Balaban J connectivity index is 1.59. The molecule has 12 heteroatoms. The van der Waals surface area contributed by atoms with E-state index in [-0.39, 0.29) is 47.2 Å². The highest BCUT2D eigenvalue weighted by Gasteiger charge is 2.50. The molecule has 1 heterocycles. The summed E-state index contributed by atoms with van der Waals surface area (Å²) in [6.45, 7) is 6.37. The van der Waals surface area contributed by atoms with Crippen LogP contribution in [-0.2, 0) is 20.8 Å². The van der Waals surface area contributed by atoms with Gasteiger partial charge in [0.25, 0.3) is 5.91 Å². The summed E-state index contributed by atoms with van der Waals surface area (Å²) in [6.07, 6.45) is 4.97. The molecule has 0 radical (unpaired) electrons. The number of hydrogen-bond donors (Lipinski definition) is 1. The summed E-state index contributed by atoms with van der Waals surface area (Å²) >= 11 is 1.52. The highest BCUT2D eigenvalue weighted by Crippen LogP contribution is 2.38. The van der Waals surface area contributed by atoms with E-state index in [0.29, 0.717) is 25.8 Å². The Kier molecular flexibility index (Phi) is 10.7. The van der Waals surface area contributed by atoms with E-state index >= 15 is 0 Å². The molecule has 1 N–H and O–H groups in total. The van der Waals surface area contributed by atoms with Crippen LogP contribution in [0.15, 0.2) is 58.3 Å².